The number of fused-ring (bicyclic) bond motifs is 1. The summed E-state index contributed by atoms with van der Waals surface area (Å²) in [5.41, 5.74) is 10.1. The van der Waals surface area contributed by atoms with E-state index in [0.717, 1.165) is 40.8 Å². The number of pyridine rings is 3. The van der Waals surface area contributed by atoms with Crippen molar-refractivity contribution in [1.29, 1.82) is 0 Å². The summed E-state index contributed by atoms with van der Waals surface area (Å²) < 4.78 is 0.835. The first-order valence-electron chi connectivity index (χ1n) is 9.38. The number of hydrogen-bond donors (Lipinski definition) is 1. The second kappa shape index (κ2) is 7.93. The van der Waals surface area contributed by atoms with E-state index in [4.69, 9.17) is 5.73 Å². The summed E-state index contributed by atoms with van der Waals surface area (Å²) in [5, 5.41) is 0. The first-order chi connectivity index (χ1) is 13.5. The second-order valence-electron chi connectivity index (χ2n) is 7.50. The van der Waals surface area contributed by atoms with E-state index in [-0.39, 0.29) is 18.2 Å². The largest absolute Gasteiger partial charge is 0.369 e. The lowest BCUT2D eigenvalue weighted by molar-refractivity contribution is 0.0988. The number of anilines is 1. The molecule has 1 aliphatic rings. The second-order valence-corrected chi connectivity index (χ2v) is 8.41. The van der Waals surface area contributed by atoms with Crippen molar-refractivity contribution in [1.82, 2.24) is 15.0 Å². The smallest absolute Gasteiger partial charge is 0.185 e. The molecule has 28 heavy (non-hydrogen) atoms. The van der Waals surface area contributed by atoms with Crippen molar-refractivity contribution in [3.05, 3.63) is 58.6 Å². The van der Waals surface area contributed by atoms with Gasteiger partial charge in [0.05, 0.1) is 11.0 Å². The van der Waals surface area contributed by atoms with Gasteiger partial charge in [0.15, 0.2) is 5.78 Å². The number of piperidine rings is 1. The molecule has 4 heterocycles. The summed E-state index contributed by atoms with van der Waals surface area (Å²) in [4.78, 5) is 28.3. The van der Waals surface area contributed by atoms with E-state index in [0.29, 0.717) is 17.1 Å². The number of hydrogen-bond acceptors (Lipinski definition) is 6. The molecule has 0 bridgehead atoms. The van der Waals surface area contributed by atoms with Crippen LogP contribution in [0.1, 0.15) is 29.4 Å². The normalized spacial score (nSPS) is 19.8. The monoisotopic (exact) mass is 439 g/mol. The van der Waals surface area contributed by atoms with Crippen LogP contribution in [-0.2, 0) is 6.42 Å². The molecule has 1 aliphatic heterocycles. The molecule has 0 spiro atoms. The molecule has 0 radical (unpaired) electrons. The number of Topliss-reactive ketones (excluding diaryl/α,β-unsaturated/α-hetero) is 1. The Morgan fingerprint density at radius 3 is 2.93 bits per heavy atom. The molecule has 4 rings (SSSR count). The summed E-state index contributed by atoms with van der Waals surface area (Å²) in [7, 11) is 0. The van der Waals surface area contributed by atoms with E-state index in [9.17, 15) is 4.79 Å². The van der Waals surface area contributed by atoms with Crippen molar-refractivity contribution in [2.45, 2.75) is 25.8 Å². The summed E-state index contributed by atoms with van der Waals surface area (Å²) in [6.45, 7) is 3.94. The highest BCUT2D eigenvalue weighted by atomic mass is 79.9. The van der Waals surface area contributed by atoms with E-state index >= 15 is 0 Å². The van der Waals surface area contributed by atoms with Crippen LogP contribution < -0.4 is 10.6 Å². The van der Waals surface area contributed by atoms with Gasteiger partial charge < -0.3 is 10.6 Å². The maximum atomic E-state index is 12.9. The predicted octanol–water partition coefficient (Wildman–Crippen LogP) is 3.39. The Hall–Kier alpha value is -2.38. The van der Waals surface area contributed by atoms with E-state index in [1.54, 1.807) is 24.7 Å². The molecule has 3 aromatic heterocycles. The fraction of sp³-hybridized carbons (Fsp3) is 0.333. The molecule has 6 nitrogen and oxygen atoms in total. The van der Waals surface area contributed by atoms with Crippen LogP contribution in [0.25, 0.3) is 11.0 Å². The molecule has 0 saturated carbocycles. The van der Waals surface area contributed by atoms with Gasteiger partial charge in [-0.25, -0.2) is 4.98 Å². The lowest BCUT2D eigenvalue weighted by atomic mass is 9.95. The zero-order chi connectivity index (χ0) is 19.7. The van der Waals surface area contributed by atoms with Crippen molar-refractivity contribution in [2.24, 2.45) is 11.7 Å². The first kappa shape index (κ1) is 19.0. The van der Waals surface area contributed by atoms with Crippen molar-refractivity contribution >= 4 is 38.4 Å². The first-order valence-corrected chi connectivity index (χ1v) is 10.2. The lowest BCUT2D eigenvalue weighted by Gasteiger charge is -2.37. The van der Waals surface area contributed by atoms with Gasteiger partial charge in [0.2, 0.25) is 0 Å². The molecule has 0 unspecified atom stereocenters. The van der Waals surface area contributed by atoms with Crippen LogP contribution in [-0.4, -0.2) is 39.9 Å². The van der Waals surface area contributed by atoms with E-state index in [1.807, 2.05) is 18.2 Å². The summed E-state index contributed by atoms with van der Waals surface area (Å²) in [6.07, 6.45) is 6.55. The molecular formula is C21H22BrN5O. The van der Waals surface area contributed by atoms with Crippen LogP contribution in [0.4, 0.5) is 5.69 Å². The van der Waals surface area contributed by atoms with Crippen molar-refractivity contribution < 1.29 is 4.79 Å². The Morgan fingerprint density at radius 2 is 2.11 bits per heavy atom. The Balaban J connectivity index is 1.60. The Morgan fingerprint density at radius 1 is 1.25 bits per heavy atom. The number of rotatable bonds is 4. The standard InChI is InChI=1S/C21H22BrN5O/c1-13-6-16(23)12-27(11-13)20-4-5-24-9-14(20)7-21(28)18-3-2-17-19(26-18)8-15(22)10-25-17/h2-5,8-10,13,16H,6-7,11-12,23H2,1H3/t13-,16+/m1/s1. The average Bonchev–Trinajstić information content (AvgIpc) is 2.67. The summed E-state index contributed by atoms with van der Waals surface area (Å²) >= 11 is 3.40. The third kappa shape index (κ3) is 4.05. The highest BCUT2D eigenvalue weighted by Crippen LogP contribution is 2.26. The summed E-state index contributed by atoms with van der Waals surface area (Å²) in [6, 6.07) is 7.55. The van der Waals surface area contributed by atoms with Crippen molar-refractivity contribution in [3.8, 4) is 0 Å². The molecule has 144 valence electrons. The molecule has 0 aromatic carbocycles. The molecular weight excluding hydrogens is 418 g/mol. The van der Waals surface area contributed by atoms with E-state index in [2.05, 4.69) is 42.7 Å². The van der Waals surface area contributed by atoms with E-state index < -0.39 is 0 Å². The predicted molar refractivity (Wildman–Crippen MR) is 113 cm³/mol. The van der Waals surface area contributed by atoms with Crippen LogP contribution in [0, 0.1) is 5.92 Å². The van der Waals surface area contributed by atoms with Crippen LogP contribution in [0.5, 0.6) is 0 Å². The Kier molecular flexibility index (Phi) is 5.37. The van der Waals surface area contributed by atoms with Gasteiger partial charge in [0.1, 0.15) is 5.69 Å². The average molecular weight is 440 g/mol. The molecule has 0 aliphatic carbocycles. The Labute approximate surface area is 172 Å². The quantitative estimate of drug-likeness (QED) is 0.627. The van der Waals surface area contributed by atoms with Gasteiger partial charge in [0, 0.05) is 59.9 Å². The molecule has 2 atom stereocenters. The maximum Gasteiger partial charge on any atom is 0.185 e. The SMILES string of the molecule is C[C@@H]1C[C@H](N)CN(c2ccncc2CC(=O)c2ccc3ncc(Br)cc3n2)C1. The highest BCUT2D eigenvalue weighted by molar-refractivity contribution is 9.10. The fourth-order valence-electron chi connectivity index (χ4n) is 3.86. The van der Waals surface area contributed by atoms with Gasteiger partial charge in [0.25, 0.3) is 0 Å². The van der Waals surface area contributed by atoms with Gasteiger partial charge in [-0.2, -0.15) is 0 Å². The van der Waals surface area contributed by atoms with Gasteiger partial charge in [-0.3, -0.25) is 14.8 Å². The number of aromatic nitrogens is 3. The number of nitrogens with zero attached hydrogens (tertiary/aromatic N) is 4. The van der Waals surface area contributed by atoms with Gasteiger partial charge in [-0.1, -0.05) is 6.92 Å². The van der Waals surface area contributed by atoms with Crippen molar-refractivity contribution in [2.75, 3.05) is 18.0 Å². The van der Waals surface area contributed by atoms with Gasteiger partial charge in [-0.05, 0) is 52.5 Å². The lowest BCUT2D eigenvalue weighted by Crippen LogP contribution is -2.46. The van der Waals surface area contributed by atoms with Gasteiger partial charge >= 0.3 is 0 Å². The Bertz CT molecular complexity index is 1010. The molecule has 2 N–H and O–H groups in total. The topological polar surface area (TPSA) is 85.0 Å². The highest BCUT2D eigenvalue weighted by Gasteiger charge is 2.24. The fourth-order valence-corrected chi connectivity index (χ4v) is 4.18. The zero-order valence-electron chi connectivity index (χ0n) is 15.7. The van der Waals surface area contributed by atoms with Crippen LogP contribution in [0.15, 0.2) is 47.3 Å². The van der Waals surface area contributed by atoms with Crippen LogP contribution >= 0.6 is 15.9 Å². The summed E-state index contributed by atoms with van der Waals surface area (Å²) in [5.74, 6) is 0.485. The number of ketones is 1. The van der Waals surface area contributed by atoms with Crippen LogP contribution in [0.3, 0.4) is 0 Å². The number of carbonyl (C=O) groups excluding carboxylic acids is 1. The number of nitrogens with two attached hydrogens (primary N) is 1. The minimum Gasteiger partial charge on any atom is -0.369 e. The molecule has 3 aromatic rings. The minimum atomic E-state index is -0.0366. The maximum absolute atomic E-state index is 12.9. The third-order valence-electron chi connectivity index (χ3n) is 5.05. The third-order valence-corrected chi connectivity index (χ3v) is 5.48. The van der Waals surface area contributed by atoms with Gasteiger partial charge in [-0.15, -0.1) is 0 Å². The van der Waals surface area contributed by atoms with Crippen LogP contribution in [0.2, 0.25) is 0 Å². The molecule has 0 amide bonds. The zero-order valence-corrected chi connectivity index (χ0v) is 17.3. The van der Waals surface area contributed by atoms with Crippen molar-refractivity contribution in [3.63, 3.8) is 0 Å². The van der Waals surface area contributed by atoms with E-state index in [1.165, 1.54) is 0 Å². The molecule has 7 heteroatoms. The molecule has 1 fully saturated rings. The molecule has 1 saturated heterocycles. The minimum absolute atomic E-state index is 0.0366. The number of carbonyl (C=O) groups is 1. The number of halogens is 1.